The van der Waals surface area contributed by atoms with Gasteiger partial charge in [0.1, 0.15) is 5.82 Å². The summed E-state index contributed by atoms with van der Waals surface area (Å²) in [4.78, 5) is 12.4. The molecule has 1 aliphatic heterocycles. The lowest BCUT2D eigenvalue weighted by molar-refractivity contribution is -0.125. The van der Waals surface area contributed by atoms with Gasteiger partial charge in [-0.1, -0.05) is 36.4 Å². The van der Waals surface area contributed by atoms with Crippen LogP contribution in [0.3, 0.4) is 0 Å². The molecule has 8 heteroatoms. The van der Waals surface area contributed by atoms with Gasteiger partial charge in [-0.05, 0) is 48.6 Å². The second-order valence-corrected chi connectivity index (χ2v) is 10.9. The summed E-state index contributed by atoms with van der Waals surface area (Å²) >= 11 is 1.79. The highest BCUT2D eigenvalue weighted by molar-refractivity contribution is 7.98. The molecule has 31 heavy (non-hydrogen) atoms. The molecule has 0 atom stereocenters. The number of piperidine rings is 1. The van der Waals surface area contributed by atoms with Crippen LogP contribution >= 0.6 is 11.8 Å². The van der Waals surface area contributed by atoms with E-state index in [0.717, 1.165) is 11.5 Å². The number of hydrogen-bond donors (Lipinski definition) is 1. The quantitative estimate of drug-likeness (QED) is 0.575. The summed E-state index contributed by atoms with van der Waals surface area (Å²) in [6.07, 6.45) is 1.04. The topological polar surface area (TPSA) is 66.5 Å². The molecule has 1 aliphatic rings. The van der Waals surface area contributed by atoms with Gasteiger partial charge in [-0.3, -0.25) is 4.79 Å². The molecule has 1 fully saturated rings. The van der Waals surface area contributed by atoms with Crippen molar-refractivity contribution in [2.45, 2.75) is 31.3 Å². The van der Waals surface area contributed by atoms with Gasteiger partial charge in [0, 0.05) is 37.1 Å². The van der Waals surface area contributed by atoms with E-state index in [1.54, 1.807) is 11.8 Å². The Labute approximate surface area is 188 Å². The van der Waals surface area contributed by atoms with Gasteiger partial charge < -0.3 is 5.32 Å². The molecule has 1 N–H and O–H groups in total. The molecule has 0 aromatic heterocycles. The van der Waals surface area contributed by atoms with E-state index in [2.05, 4.69) is 24.4 Å². The van der Waals surface area contributed by atoms with Gasteiger partial charge in [0.25, 0.3) is 0 Å². The Morgan fingerprint density at radius 3 is 2.48 bits per heavy atom. The molecule has 0 aliphatic carbocycles. The van der Waals surface area contributed by atoms with Crippen LogP contribution in [0.4, 0.5) is 4.39 Å². The molecule has 2 aromatic rings. The predicted octanol–water partition coefficient (Wildman–Crippen LogP) is 3.73. The van der Waals surface area contributed by atoms with Crippen LogP contribution in [-0.4, -0.2) is 44.0 Å². The Morgan fingerprint density at radius 2 is 1.81 bits per heavy atom. The number of halogens is 1. The second-order valence-electron chi connectivity index (χ2n) is 7.83. The summed E-state index contributed by atoms with van der Waals surface area (Å²) in [5.74, 6) is 1.08. The number of nitrogens with zero attached hydrogens (tertiary/aromatic N) is 1. The first-order chi connectivity index (χ1) is 14.8. The largest absolute Gasteiger partial charge is 0.355 e. The van der Waals surface area contributed by atoms with Gasteiger partial charge in [0.05, 0.1) is 5.75 Å². The molecule has 0 unspecified atom stereocenters. The maximum Gasteiger partial charge on any atom is 0.223 e. The van der Waals surface area contributed by atoms with Gasteiger partial charge in [0.2, 0.25) is 15.9 Å². The van der Waals surface area contributed by atoms with E-state index in [0.29, 0.717) is 38.0 Å². The van der Waals surface area contributed by atoms with Crippen LogP contribution < -0.4 is 5.32 Å². The first kappa shape index (κ1) is 23.8. The number of aryl methyl sites for hydroxylation is 1. The smallest absolute Gasteiger partial charge is 0.223 e. The lowest BCUT2D eigenvalue weighted by Gasteiger charge is -2.30. The number of carbonyl (C=O) groups excluding carboxylic acids is 1. The third-order valence-corrected chi connectivity index (χ3v) is 8.40. The first-order valence-corrected chi connectivity index (χ1v) is 13.2. The van der Waals surface area contributed by atoms with Crippen molar-refractivity contribution >= 4 is 27.7 Å². The summed E-state index contributed by atoms with van der Waals surface area (Å²) in [6.45, 7) is 3.38. The highest BCUT2D eigenvalue weighted by atomic mass is 32.2. The fourth-order valence-electron chi connectivity index (χ4n) is 3.62. The van der Waals surface area contributed by atoms with Crippen LogP contribution in [0.2, 0.25) is 0 Å². The lowest BCUT2D eigenvalue weighted by atomic mass is 9.97. The highest BCUT2D eigenvalue weighted by Crippen LogP contribution is 2.22. The van der Waals surface area contributed by atoms with E-state index >= 15 is 0 Å². The first-order valence-electron chi connectivity index (χ1n) is 10.5. The zero-order chi connectivity index (χ0) is 22.3. The fourth-order valence-corrected chi connectivity index (χ4v) is 6.12. The molecule has 2 aromatic carbocycles. The van der Waals surface area contributed by atoms with Gasteiger partial charge in [-0.2, -0.15) is 11.8 Å². The van der Waals surface area contributed by atoms with Crippen molar-refractivity contribution in [2.75, 3.05) is 25.4 Å². The molecular formula is C23H29FN2O3S2. The van der Waals surface area contributed by atoms with E-state index in [1.807, 2.05) is 12.1 Å². The summed E-state index contributed by atoms with van der Waals surface area (Å²) < 4.78 is 39.7. The van der Waals surface area contributed by atoms with Crippen LogP contribution in [0.5, 0.6) is 0 Å². The van der Waals surface area contributed by atoms with E-state index in [1.165, 1.54) is 39.7 Å². The van der Waals surface area contributed by atoms with Crippen LogP contribution in [0.25, 0.3) is 0 Å². The Bertz CT molecular complexity index is 973. The van der Waals surface area contributed by atoms with Crippen molar-refractivity contribution in [3.63, 3.8) is 0 Å². The summed E-state index contributed by atoms with van der Waals surface area (Å²) in [5.41, 5.74) is 3.15. The minimum atomic E-state index is -3.48. The Morgan fingerprint density at radius 1 is 1.13 bits per heavy atom. The monoisotopic (exact) mass is 464 g/mol. The predicted molar refractivity (Wildman–Crippen MR) is 124 cm³/mol. The van der Waals surface area contributed by atoms with Gasteiger partial charge in [0.15, 0.2) is 0 Å². The van der Waals surface area contributed by atoms with Crippen molar-refractivity contribution in [1.82, 2.24) is 9.62 Å². The van der Waals surface area contributed by atoms with Crippen molar-refractivity contribution in [3.05, 3.63) is 71.0 Å². The van der Waals surface area contributed by atoms with Crippen LogP contribution in [0.15, 0.2) is 48.5 Å². The number of benzene rings is 2. The average molecular weight is 465 g/mol. The third kappa shape index (κ3) is 7.05. The lowest BCUT2D eigenvalue weighted by Crippen LogP contribution is -2.43. The Hall–Kier alpha value is -1.90. The molecule has 0 radical (unpaired) electrons. The number of nitrogens with one attached hydrogen (secondary N) is 1. The Balaban J connectivity index is 1.37. The minimum absolute atomic E-state index is 0.00655. The maximum atomic E-state index is 13.0. The van der Waals surface area contributed by atoms with E-state index in [-0.39, 0.29) is 23.4 Å². The third-order valence-electron chi connectivity index (χ3n) is 5.54. The van der Waals surface area contributed by atoms with E-state index in [9.17, 15) is 17.6 Å². The fraction of sp³-hybridized carbons (Fsp3) is 0.435. The SMILES string of the molecule is Cc1ccccc1CSCCNC(=O)C1CCN(S(=O)(=O)Cc2ccc(F)cc2)CC1. The number of rotatable bonds is 9. The summed E-state index contributed by atoms with van der Waals surface area (Å²) in [6, 6.07) is 13.8. The molecule has 168 valence electrons. The van der Waals surface area contributed by atoms with Crippen LogP contribution in [0, 0.1) is 18.7 Å². The average Bonchev–Trinajstić information content (AvgIpc) is 2.76. The highest BCUT2D eigenvalue weighted by Gasteiger charge is 2.31. The molecule has 0 spiro atoms. The van der Waals surface area contributed by atoms with Crippen molar-refractivity contribution in [1.29, 1.82) is 0 Å². The standard InChI is InChI=1S/C23H29FN2O3S2/c1-18-4-2-3-5-21(18)16-30-15-12-25-23(27)20-10-13-26(14-11-20)31(28,29)17-19-6-8-22(24)9-7-19/h2-9,20H,10-17H2,1H3,(H,25,27). The van der Waals surface area contributed by atoms with Gasteiger partial charge in [-0.25, -0.2) is 17.1 Å². The molecular weight excluding hydrogens is 435 g/mol. The number of sulfonamides is 1. The molecule has 1 saturated heterocycles. The number of hydrogen-bond acceptors (Lipinski definition) is 4. The Kier molecular flexibility index (Phi) is 8.51. The zero-order valence-electron chi connectivity index (χ0n) is 17.7. The molecule has 0 saturated carbocycles. The van der Waals surface area contributed by atoms with E-state index < -0.39 is 10.0 Å². The number of amides is 1. The van der Waals surface area contributed by atoms with Crippen molar-refractivity contribution in [2.24, 2.45) is 5.92 Å². The normalized spacial score (nSPS) is 15.7. The minimum Gasteiger partial charge on any atom is -0.355 e. The molecule has 3 rings (SSSR count). The van der Waals surface area contributed by atoms with Crippen LogP contribution in [0.1, 0.15) is 29.5 Å². The molecule has 0 bridgehead atoms. The molecule has 5 nitrogen and oxygen atoms in total. The molecule has 1 amide bonds. The summed E-state index contributed by atoms with van der Waals surface area (Å²) in [7, 11) is -3.48. The zero-order valence-corrected chi connectivity index (χ0v) is 19.4. The van der Waals surface area contributed by atoms with Crippen LogP contribution in [-0.2, 0) is 26.3 Å². The number of thioether (sulfide) groups is 1. The van der Waals surface area contributed by atoms with Crippen molar-refractivity contribution < 1.29 is 17.6 Å². The van der Waals surface area contributed by atoms with Gasteiger partial charge in [-0.15, -0.1) is 0 Å². The van der Waals surface area contributed by atoms with Gasteiger partial charge >= 0.3 is 0 Å². The summed E-state index contributed by atoms with van der Waals surface area (Å²) in [5, 5.41) is 2.99. The van der Waals surface area contributed by atoms with E-state index in [4.69, 9.17) is 0 Å². The second kappa shape index (κ2) is 11.1. The maximum absolute atomic E-state index is 13.0. The number of carbonyl (C=O) groups is 1. The van der Waals surface area contributed by atoms with Crippen molar-refractivity contribution in [3.8, 4) is 0 Å². The molecule has 1 heterocycles.